The van der Waals surface area contributed by atoms with Crippen molar-refractivity contribution in [3.8, 4) is 6.07 Å². The Morgan fingerprint density at radius 2 is 1.47 bits per heavy atom. The van der Waals surface area contributed by atoms with Crippen molar-refractivity contribution in [2.75, 3.05) is 5.32 Å². The zero-order chi connectivity index (χ0) is 13.5. The molecule has 2 rings (SSSR count). The van der Waals surface area contributed by atoms with Crippen molar-refractivity contribution in [1.82, 2.24) is 0 Å². The minimum absolute atomic E-state index is 0.0774. The van der Waals surface area contributed by atoms with E-state index in [1.807, 2.05) is 48.5 Å². The zero-order valence-electron chi connectivity index (χ0n) is 10.6. The molecule has 0 atom stereocenters. The predicted octanol–water partition coefficient (Wildman–Crippen LogP) is 2.86. The van der Waals surface area contributed by atoms with Gasteiger partial charge >= 0.3 is 0 Å². The molecule has 0 aromatic heterocycles. The van der Waals surface area contributed by atoms with Gasteiger partial charge in [0.1, 0.15) is 0 Å². The second-order valence-corrected chi connectivity index (χ2v) is 4.36. The van der Waals surface area contributed by atoms with Gasteiger partial charge in [-0.15, -0.1) is 0 Å². The van der Waals surface area contributed by atoms with Gasteiger partial charge < -0.3 is 10.4 Å². The smallest absolute Gasteiger partial charge is 0.0681 e. The number of hydrogen-bond donors (Lipinski definition) is 2. The molecule has 0 aliphatic carbocycles. The lowest BCUT2D eigenvalue weighted by atomic mass is 10.1. The Morgan fingerprint density at radius 1 is 0.895 bits per heavy atom. The summed E-state index contributed by atoms with van der Waals surface area (Å²) < 4.78 is 0. The van der Waals surface area contributed by atoms with Gasteiger partial charge in [0.15, 0.2) is 0 Å². The van der Waals surface area contributed by atoms with Gasteiger partial charge in [-0.1, -0.05) is 36.4 Å². The third kappa shape index (κ3) is 3.84. The van der Waals surface area contributed by atoms with Crippen molar-refractivity contribution in [3.05, 3.63) is 65.2 Å². The molecule has 0 saturated heterocycles. The molecule has 2 aromatic carbocycles. The first-order chi connectivity index (χ1) is 9.31. The van der Waals surface area contributed by atoms with Crippen LogP contribution >= 0.6 is 0 Å². The van der Waals surface area contributed by atoms with Crippen LogP contribution in [0, 0.1) is 11.3 Å². The monoisotopic (exact) mass is 252 g/mol. The summed E-state index contributed by atoms with van der Waals surface area (Å²) in [6.07, 6.45) is 0.447. The summed E-state index contributed by atoms with van der Waals surface area (Å²) in [6, 6.07) is 17.9. The summed E-state index contributed by atoms with van der Waals surface area (Å²) in [5, 5.41) is 20.9. The molecule has 0 radical (unpaired) electrons. The number of aliphatic hydroxyl groups is 1. The third-order valence-corrected chi connectivity index (χ3v) is 2.94. The molecule has 96 valence electrons. The highest BCUT2D eigenvalue weighted by atomic mass is 16.3. The molecule has 0 aliphatic rings. The topological polar surface area (TPSA) is 56.0 Å². The maximum Gasteiger partial charge on any atom is 0.0681 e. The molecule has 0 bridgehead atoms. The molecule has 0 saturated carbocycles. The molecule has 0 fully saturated rings. The van der Waals surface area contributed by atoms with Crippen LogP contribution in [0.5, 0.6) is 0 Å². The van der Waals surface area contributed by atoms with E-state index in [-0.39, 0.29) is 6.61 Å². The molecule has 2 aromatic rings. The molecule has 0 amide bonds. The van der Waals surface area contributed by atoms with Gasteiger partial charge in [-0.25, -0.2) is 0 Å². The number of nitrogens with zero attached hydrogens (tertiary/aromatic N) is 1. The minimum atomic E-state index is 0.0774. The van der Waals surface area contributed by atoms with Gasteiger partial charge in [-0.3, -0.25) is 0 Å². The maximum atomic E-state index is 8.97. The van der Waals surface area contributed by atoms with E-state index in [9.17, 15) is 0 Å². The van der Waals surface area contributed by atoms with E-state index in [0.29, 0.717) is 6.42 Å². The van der Waals surface area contributed by atoms with Crippen molar-refractivity contribution >= 4 is 5.69 Å². The number of rotatable bonds is 5. The van der Waals surface area contributed by atoms with Crippen LogP contribution in [0.2, 0.25) is 0 Å². The van der Waals surface area contributed by atoms with Gasteiger partial charge in [-0.2, -0.15) is 5.26 Å². The van der Waals surface area contributed by atoms with Gasteiger partial charge in [0.05, 0.1) is 19.1 Å². The molecule has 0 unspecified atom stereocenters. The van der Waals surface area contributed by atoms with E-state index in [1.165, 1.54) is 5.56 Å². The number of benzene rings is 2. The molecule has 0 spiro atoms. The fourth-order valence-corrected chi connectivity index (χ4v) is 1.80. The highest BCUT2D eigenvalue weighted by molar-refractivity contribution is 5.45. The summed E-state index contributed by atoms with van der Waals surface area (Å²) >= 11 is 0. The standard InChI is InChI=1S/C16H16N2O/c17-10-9-13-5-7-16(8-6-13)18-11-14-1-3-15(12-19)4-2-14/h1-8,18-19H,9,11-12H2. The van der Waals surface area contributed by atoms with Crippen LogP contribution in [0.1, 0.15) is 16.7 Å². The Kier molecular flexibility index (Phi) is 4.54. The van der Waals surface area contributed by atoms with Crippen molar-refractivity contribution in [2.45, 2.75) is 19.6 Å². The fourth-order valence-electron chi connectivity index (χ4n) is 1.80. The second-order valence-electron chi connectivity index (χ2n) is 4.36. The normalized spacial score (nSPS) is 9.89. The largest absolute Gasteiger partial charge is 0.392 e. The lowest BCUT2D eigenvalue weighted by Gasteiger charge is -2.07. The van der Waals surface area contributed by atoms with Crippen molar-refractivity contribution in [1.29, 1.82) is 5.26 Å². The fraction of sp³-hybridized carbons (Fsp3) is 0.188. The van der Waals surface area contributed by atoms with Crippen molar-refractivity contribution in [2.24, 2.45) is 0 Å². The molecule has 3 nitrogen and oxygen atoms in total. The molecule has 2 N–H and O–H groups in total. The summed E-state index contributed by atoms with van der Waals surface area (Å²) in [4.78, 5) is 0. The average Bonchev–Trinajstić information content (AvgIpc) is 2.47. The Balaban J connectivity index is 1.92. The predicted molar refractivity (Wildman–Crippen MR) is 75.5 cm³/mol. The highest BCUT2D eigenvalue weighted by Gasteiger charge is 1.96. The van der Waals surface area contributed by atoms with Crippen molar-refractivity contribution < 1.29 is 5.11 Å². The van der Waals surface area contributed by atoms with Crippen molar-refractivity contribution in [3.63, 3.8) is 0 Å². The van der Waals surface area contributed by atoms with Crippen LogP contribution in [-0.4, -0.2) is 5.11 Å². The van der Waals surface area contributed by atoms with E-state index < -0.39 is 0 Å². The Morgan fingerprint density at radius 3 is 2.05 bits per heavy atom. The summed E-state index contributed by atoms with van der Waals surface area (Å²) in [5.74, 6) is 0. The van der Waals surface area contributed by atoms with Crippen LogP contribution in [0.25, 0.3) is 0 Å². The number of nitrogens with one attached hydrogen (secondary N) is 1. The maximum absolute atomic E-state index is 8.97. The first-order valence-corrected chi connectivity index (χ1v) is 6.20. The molecule has 19 heavy (non-hydrogen) atoms. The average molecular weight is 252 g/mol. The number of aliphatic hydroxyl groups excluding tert-OH is 1. The van der Waals surface area contributed by atoms with Gasteiger partial charge in [0.25, 0.3) is 0 Å². The van der Waals surface area contributed by atoms with Gasteiger partial charge in [-0.05, 0) is 28.8 Å². The van der Waals surface area contributed by atoms with Crippen LogP contribution < -0.4 is 5.32 Å². The van der Waals surface area contributed by atoms with E-state index in [0.717, 1.165) is 23.4 Å². The van der Waals surface area contributed by atoms with Gasteiger partial charge in [0, 0.05) is 12.2 Å². The van der Waals surface area contributed by atoms with Crippen LogP contribution in [-0.2, 0) is 19.6 Å². The SMILES string of the molecule is N#CCc1ccc(NCc2ccc(CO)cc2)cc1. The molecular formula is C16H16N2O. The quantitative estimate of drug-likeness (QED) is 0.860. The molecule has 0 heterocycles. The highest BCUT2D eigenvalue weighted by Crippen LogP contribution is 2.12. The molecular weight excluding hydrogens is 236 g/mol. The molecule has 0 aliphatic heterocycles. The minimum Gasteiger partial charge on any atom is -0.392 e. The Bertz CT molecular complexity index is 553. The van der Waals surface area contributed by atoms with Gasteiger partial charge in [0.2, 0.25) is 0 Å². The summed E-state index contributed by atoms with van der Waals surface area (Å²) in [5.41, 5.74) is 4.15. The van der Waals surface area contributed by atoms with E-state index in [2.05, 4.69) is 11.4 Å². The Hall–Kier alpha value is -2.31. The Labute approximate surface area is 113 Å². The van der Waals surface area contributed by atoms with Crippen LogP contribution in [0.4, 0.5) is 5.69 Å². The number of hydrogen-bond acceptors (Lipinski definition) is 3. The zero-order valence-corrected chi connectivity index (χ0v) is 10.6. The molecule has 3 heteroatoms. The first kappa shape index (κ1) is 13.1. The number of nitriles is 1. The second kappa shape index (κ2) is 6.58. The number of anilines is 1. The lowest BCUT2D eigenvalue weighted by Crippen LogP contribution is -1.99. The summed E-state index contributed by atoms with van der Waals surface area (Å²) in [7, 11) is 0. The van der Waals surface area contributed by atoms with Crippen LogP contribution in [0.15, 0.2) is 48.5 Å². The first-order valence-electron chi connectivity index (χ1n) is 6.20. The van der Waals surface area contributed by atoms with E-state index in [1.54, 1.807) is 0 Å². The third-order valence-electron chi connectivity index (χ3n) is 2.94. The van der Waals surface area contributed by atoms with Crippen LogP contribution in [0.3, 0.4) is 0 Å². The van der Waals surface area contributed by atoms with E-state index >= 15 is 0 Å². The summed E-state index contributed by atoms with van der Waals surface area (Å²) in [6.45, 7) is 0.817. The van der Waals surface area contributed by atoms with E-state index in [4.69, 9.17) is 10.4 Å². The lowest BCUT2D eigenvalue weighted by molar-refractivity contribution is 0.282.